The fourth-order valence-corrected chi connectivity index (χ4v) is 3.84. The first-order valence-electron chi connectivity index (χ1n) is 10.9. The lowest BCUT2D eigenvalue weighted by atomic mass is 9.89. The summed E-state index contributed by atoms with van der Waals surface area (Å²) in [4.78, 5) is 0. The molecule has 2 fully saturated rings. The standard InChI is InChI=1S/C22H38O10/c1-11(2)6-5-7-12(3)8-9-22(20(29)18(27)16(25)14(10-23)31-22)32-21-19(28)17(26)15(24)13(4)30-21/h6,8,13-21,23-29H,5,7,9-10H2,1-4H3/b12-8+/t13-,14-,15-,16-,17+,18+,19+,20-,21?,22?/m1/s1. The topological polar surface area (TPSA) is 169 Å². The van der Waals surface area contributed by atoms with Crippen LogP contribution in [-0.4, -0.2) is 103 Å². The van der Waals surface area contributed by atoms with Crippen LogP contribution >= 0.6 is 0 Å². The molecular formula is C22H38O10. The molecule has 186 valence electrons. The van der Waals surface area contributed by atoms with Gasteiger partial charge in [-0.25, -0.2) is 0 Å². The SMILES string of the molecule is CC(C)=CCC/C(C)=C/CC1(OC2O[C@H](C)[C@@H](O)[C@H](O)[C@@H]2O)O[C@H](CO)[C@@H](O)[C@H](O)[C@H]1O. The molecule has 0 aromatic rings. The van der Waals surface area contributed by atoms with E-state index in [1.54, 1.807) is 6.08 Å². The highest BCUT2D eigenvalue weighted by Gasteiger charge is 2.57. The average Bonchev–Trinajstić information content (AvgIpc) is 2.75. The maximum Gasteiger partial charge on any atom is 0.204 e. The number of hydrogen-bond donors (Lipinski definition) is 7. The Kier molecular flexibility index (Phi) is 9.80. The van der Waals surface area contributed by atoms with Crippen LogP contribution in [0.15, 0.2) is 23.3 Å². The molecule has 2 rings (SSSR count). The van der Waals surface area contributed by atoms with Gasteiger partial charge in [0.2, 0.25) is 5.79 Å². The first-order chi connectivity index (χ1) is 14.9. The maximum absolute atomic E-state index is 10.8. The van der Waals surface area contributed by atoms with Gasteiger partial charge < -0.3 is 50.0 Å². The Labute approximate surface area is 188 Å². The molecule has 0 aliphatic carbocycles. The maximum atomic E-state index is 10.8. The molecule has 0 aromatic carbocycles. The lowest BCUT2D eigenvalue weighted by Crippen LogP contribution is -2.68. The van der Waals surface area contributed by atoms with E-state index >= 15 is 0 Å². The molecular weight excluding hydrogens is 424 g/mol. The van der Waals surface area contributed by atoms with E-state index in [1.807, 2.05) is 20.8 Å². The van der Waals surface area contributed by atoms with Crippen molar-refractivity contribution in [2.24, 2.45) is 0 Å². The van der Waals surface area contributed by atoms with Crippen molar-refractivity contribution in [3.8, 4) is 0 Å². The number of hydrogen-bond acceptors (Lipinski definition) is 10. The third-order valence-electron chi connectivity index (χ3n) is 5.99. The zero-order valence-electron chi connectivity index (χ0n) is 19.0. The molecule has 10 heteroatoms. The Morgan fingerprint density at radius 3 is 2.16 bits per heavy atom. The van der Waals surface area contributed by atoms with E-state index in [4.69, 9.17) is 14.2 Å². The van der Waals surface area contributed by atoms with Crippen LogP contribution in [-0.2, 0) is 14.2 Å². The van der Waals surface area contributed by atoms with Gasteiger partial charge in [-0.15, -0.1) is 0 Å². The van der Waals surface area contributed by atoms with Crippen LogP contribution in [0, 0.1) is 0 Å². The van der Waals surface area contributed by atoms with Crippen molar-refractivity contribution in [2.75, 3.05) is 6.61 Å². The summed E-state index contributed by atoms with van der Waals surface area (Å²) in [5.74, 6) is -2.00. The minimum atomic E-state index is -2.00. The minimum Gasteiger partial charge on any atom is -0.394 e. The minimum absolute atomic E-state index is 0.102. The number of rotatable bonds is 8. The van der Waals surface area contributed by atoms with Crippen molar-refractivity contribution < 1.29 is 50.0 Å². The van der Waals surface area contributed by atoms with Gasteiger partial charge in [0.25, 0.3) is 0 Å². The van der Waals surface area contributed by atoms with Crippen molar-refractivity contribution in [3.63, 3.8) is 0 Å². The molecule has 2 heterocycles. The van der Waals surface area contributed by atoms with E-state index in [9.17, 15) is 35.7 Å². The highest BCUT2D eigenvalue weighted by molar-refractivity contribution is 5.07. The fraction of sp³-hybridized carbons (Fsp3) is 0.818. The van der Waals surface area contributed by atoms with E-state index in [0.717, 1.165) is 18.4 Å². The average molecular weight is 463 g/mol. The number of aliphatic hydroxyl groups is 7. The molecule has 0 bridgehead atoms. The van der Waals surface area contributed by atoms with Gasteiger partial charge in [0.1, 0.15) is 42.7 Å². The third-order valence-corrected chi connectivity index (χ3v) is 5.99. The van der Waals surface area contributed by atoms with Crippen LogP contribution < -0.4 is 0 Å². The summed E-state index contributed by atoms with van der Waals surface area (Å²) in [6.07, 6.45) is -8.11. The zero-order valence-corrected chi connectivity index (χ0v) is 19.0. The van der Waals surface area contributed by atoms with Gasteiger partial charge in [0.15, 0.2) is 6.29 Å². The van der Waals surface area contributed by atoms with E-state index in [0.29, 0.717) is 0 Å². The second-order valence-corrected chi connectivity index (χ2v) is 8.95. The lowest BCUT2D eigenvalue weighted by molar-refractivity contribution is -0.419. The van der Waals surface area contributed by atoms with Crippen molar-refractivity contribution in [2.45, 2.75) is 108 Å². The molecule has 2 aliphatic rings. The van der Waals surface area contributed by atoms with E-state index in [-0.39, 0.29) is 6.42 Å². The lowest BCUT2D eigenvalue weighted by Gasteiger charge is -2.50. The second-order valence-electron chi connectivity index (χ2n) is 8.95. The van der Waals surface area contributed by atoms with Gasteiger partial charge in [0, 0.05) is 6.42 Å². The van der Waals surface area contributed by atoms with Crippen LogP contribution in [0.25, 0.3) is 0 Å². The molecule has 0 amide bonds. The van der Waals surface area contributed by atoms with E-state index < -0.39 is 67.5 Å². The molecule has 7 N–H and O–H groups in total. The summed E-state index contributed by atoms with van der Waals surface area (Å²) in [6.45, 7) is 6.69. The van der Waals surface area contributed by atoms with Gasteiger partial charge in [-0.05, 0) is 40.5 Å². The van der Waals surface area contributed by atoms with Crippen LogP contribution in [0.5, 0.6) is 0 Å². The Morgan fingerprint density at radius 1 is 0.906 bits per heavy atom. The molecule has 2 aliphatic heterocycles. The molecule has 10 nitrogen and oxygen atoms in total. The monoisotopic (exact) mass is 462 g/mol. The zero-order chi connectivity index (χ0) is 24.2. The molecule has 0 radical (unpaired) electrons. The molecule has 32 heavy (non-hydrogen) atoms. The summed E-state index contributed by atoms with van der Waals surface area (Å²) in [5.41, 5.74) is 2.13. The third kappa shape index (κ3) is 6.15. The quantitative estimate of drug-likeness (QED) is 0.224. The molecule has 0 saturated carbocycles. The Bertz CT molecular complexity index is 661. The van der Waals surface area contributed by atoms with Crippen molar-refractivity contribution in [1.82, 2.24) is 0 Å². The number of allylic oxidation sites excluding steroid dienone is 3. The van der Waals surface area contributed by atoms with Gasteiger partial charge in [-0.1, -0.05) is 23.3 Å². The predicted molar refractivity (Wildman–Crippen MR) is 113 cm³/mol. The predicted octanol–water partition coefficient (Wildman–Crippen LogP) is -0.917. The van der Waals surface area contributed by atoms with Crippen molar-refractivity contribution in [3.05, 3.63) is 23.3 Å². The molecule has 0 aromatic heterocycles. The number of ether oxygens (including phenoxy) is 3. The van der Waals surface area contributed by atoms with Crippen LogP contribution in [0.1, 0.15) is 47.0 Å². The summed E-state index contributed by atoms with van der Waals surface area (Å²) in [5, 5.41) is 71.3. The van der Waals surface area contributed by atoms with E-state index in [2.05, 4.69) is 6.08 Å². The van der Waals surface area contributed by atoms with Crippen molar-refractivity contribution >= 4 is 0 Å². The molecule has 10 atom stereocenters. The smallest absolute Gasteiger partial charge is 0.204 e. The fourth-order valence-electron chi connectivity index (χ4n) is 3.84. The van der Waals surface area contributed by atoms with Crippen LogP contribution in [0.3, 0.4) is 0 Å². The first kappa shape index (κ1) is 27.3. The summed E-state index contributed by atoms with van der Waals surface area (Å²) < 4.78 is 17.0. The summed E-state index contributed by atoms with van der Waals surface area (Å²) >= 11 is 0. The normalized spacial score (nSPS) is 43.2. The van der Waals surface area contributed by atoms with E-state index in [1.165, 1.54) is 12.5 Å². The van der Waals surface area contributed by atoms with Gasteiger partial charge in [-0.2, -0.15) is 0 Å². The van der Waals surface area contributed by atoms with Gasteiger partial charge in [0.05, 0.1) is 12.7 Å². The van der Waals surface area contributed by atoms with Gasteiger partial charge in [-0.3, -0.25) is 0 Å². The Hall–Kier alpha value is -0.920. The molecule has 2 unspecified atom stereocenters. The molecule has 2 saturated heterocycles. The summed E-state index contributed by atoms with van der Waals surface area (Å²) in [6, 6.07) is 0. The second kappa shape index (κ2) is 11.5. The van der Waals surface area contributed by atoms with Crippen LogP contribution in [0.4, 0.5) is 0 Å². The largest absolute Gasteiger partial charge is 0.394 e. The summed E-state index contributed by atoms with van der Waals surface area (Å²) in [7, 11) is 0. The molecule has 0 spiro atoms. The highest BCUT2D eigenvalue weighted by Crippen LogP contribution is 2.38. The Morgan fingerprint density at radius 2 is 1.56 bits per heavy atom. The van der Waals surface area contributed by atoms with Crippen LogP contribution in [0.2, 0.25) is 0 Å². The van der Waals surface area contributed by atoms with Gasteiger partial charge >= 0.3 is 0 Å². The highest BCUT2D eigenvalue weighted by atomic mass is 16.8. The number of aliphatic hydroxyl groups excluding tert-OH is 7. The van der Waals surface area contributed by atoms with Crippen molar-refractivity contribution in [1.29, 1.82) is 0 Å². The first-order valence-corrected chi connectivity index (χ1v) is 10.9. The Balaban J connectivity index is 2.31.